The lowest BCUT2D eigenvalue weighted by molar-refractivity contribution is -0.113. The Balaban J connectivity index is 1.82. The Kier molecular flexibility index (Phi) is 3.59. The number of hydrogen-bond acceptors (Lipinski definition) is 8. The number of amides is 1. The number of anilines is 2. The van der Waals surface area contributed by atoms with Crippen molar-refractivity contribution in [2.24, 2.45) is 0 Å². The van der Waals surface area contributed by atoms with E-state index in [1.165, 1.54) is 23.1 Å². The van der Waals surface area contributed by atoms with Crippen LogP contribution in [0.2, 0.25) is 0 Å². The molecule has 2 rings (SSSR count). The molecule has 0 aliphatic carbocycles. The maximum absolute atomic E-state index is 11.5. The van der Waals surface area contributed by atoms with E-state index >= 15 is 0 Å². The predicted octanol–water partition coefficient (Wildman–Crippen LogP) is 1.15. The van der Waals surface area contributed by atoms with Crippen LogP contribution in [0.1, 0.15) is 5.76 Å². The van der Waals surface area contributed by atoms with Crippen LogP contribution in [0.15, 0.2) is 14.9 Å². The van der Waals surface area contributed by atoms with Gasteiger partial charge in [0.15, 0.2) is 10.2 Å². The average molecular weight is 271 g/mol. The Bertz CT molecular complexity index is 523. The lowest BCUT2D eigenvalue weighted by Gasteiger charge is -1.98. The highest BCUT2D eigenvalue weighted by molar-refractivity contribution is 8.01. The zero-order valence-electron chi connectivity index (χ0n) is 8.84. The summed E-state index contributed by atoms with van der Waals surface area (Å²) in [6.45, 7) is 1.75. The number of nitrogen functional groups attached to an aromatic ring is 1. The molecule has 0 aliphatic heterocycles. The van der Waals surface area contributed by atoms with E-state index in [1.54, 1.807) is 13.0 Å². The van der Waals surface area contributed by atoms with E-state index in [0.29, 0.717) is 21.0 Å². The summed E-state index contributed by atoms with van der Waals surface area (Å²) in [7, 11) is 0. The molecule has 90 valence electrons. The van der Waals surface area contributed by atoms with Crippen molar-refractivity contribution in [3.63, 3.8) is 0 Å². The lowest BCUT2D eigenvalue weighted by Crippen LogP contribution is -2.14. The molecule has 17 heavy (non-hydrogen) atoms. The van der Waals surface area contributed by atoms with Gasteiger partial charge in [0, 0.05) is 6.07 Å². The SMILES string of the molecule is Cc1cc(NC(=O)CSc2nnc(N)s2)no1. The first kappa shape index (κ1) is 11.9. The maximum atomic E-state index is 11.5. The second-order valence-electron chi connectivity index (χ2n) is 3.07. The normalized spacial score (nSPS) is 10.4. The topological polar surface area (TPSA) is 107 Å². The van der Waals surface area contributed by atoms with Gasteiger partial charge in [-0.3, -0.25) is 4.79 Å². The number of carbonyl (C=O) groups excluding carboxylic acids is 1. The fourth-order valence-electron chi connectivity index (χ4n) is 1.01. The molecule has 0 bridgehead atoms. The van der Waals surface area contributed by atoms with Crippen LogP contribution in [-0.4, -0.2) is 27.0 Å². The van der Waals surface area contributed by atoms with Crippen LogP contribution in [0.4, 0.5) is 10.9 Å². The highest BCUT2D eigenvalue weighted by Crippen LogP contribution is 2.23. The number of carbonyl (C=O) groups is 1. The summed E-state index contributed by atoms with van der Waals surface area (Å²) in [5, 5.41) is 14.1. The van der Waals surface area contributed by atoms with Crippen molar-refractivity contribution >= 4 is 40.0 Å². The number of nitrogens with zero attached hydrogens (tertiary/aromatic N) is 3. The van der Waals surface area contributed by atoms with Crippen LogP contribution >= 0.6 is 23.1 Å². The van der Waals surface area contributed by atoms with Crippen molar-refractivity contribution in [2.75, 3.05) is 16.8 Å². The highest BCUT2D eigenvalue weighted by Gasteiger charge is 2.09. The molecular weight excluding hydrogens is 262 g/mol. The largest absolute Gasteiger partial charge is 0.374 e. The van der Waals surface area contributed by atoms with Gasteiger partial charge in [0.2, 0.25) is 11.0 Å². The quantitative estimate of drug-likeness (QED) is 0.803. The highest BCUT2D eigenvalue weighted by atomic mass is 32.2. The third-order valence-electron chi connectivity index (χ3n) is 1.64. The molecular formula is C8H9N5O2S2. The molecule has 0 saturated carbocycles. The molecule has 2 heterocycles. The molecule has 0 atom stereocenters. The molecule has 0 radical (unpaired) electrons. The van der Waals surface area contributed by atoms with Gasteiger partial charge in [0.05, 0.1) is 5.75 Å². The summed E-state index contributed by atoms with van der Waals surface area (Å²) in [4.78, 5) is 11.5. The third kappa shape index (κ3) is 3.43. The number of rotatable bonds is 4. The van der Waals surface area contributed by atoms with Gasteiger partial charge in [-0.1, -0.05) is 28.3 Å². The summed E-state index contributed by atoms with van der Waals surface area (Å²) in [6, 6.07) is 1.64. The maximum Gasteiger partial charge on any atom is 0.236 e. The van der Waals surface area contributed by atoms with E-state index in [0.717, 1.165) is 0 Å². The minimum atomic E-state index is -0.183. The van der Waals surface area contributed by atoms with E-state index in [2.05, 4.69) is 20.7 Å². The van der Waals surface area contributed by atoms with Gasteiger partial charge < -0.3 is 15.6 Å². The summed E-state index contributed by atoms with van der Waals surface area (Å²) >= 11 is 2.51. The molecule has 7 nitrogen and oxygen atoms in total. The Morgan fingerprint density at radius 3 is 3.06 bits per heavy atom. The number of aromatic nitrogens is 3. The van der Waals surface area contributed by atoms with Crippen molar-refractivity contribution in [3.05, 3.63) is 11.8 Å². The van der Waals surface area contributed by atoms with Crippen LogP contribution in [0, 0.1) is 6.92 Å². The average Bonchev–Trinajstić information content (AvgIpc) is 2.85. The first-order chi connectivity index (χ1) is 8.13. The monoisotopic (exact) mass is 271 g/mol. The van der Waals surface area contributed by atoms with Gasteiger partial charge in [-0.15, -0.1) is 10.2 Å². The van der Waals surface area contributed by atoms with E-state index < -0.39 is 0 Å². The van der Waals surface area contributed by atoms with Gasteiger partial charge in [-0.05, 0) is 6.92 Å². The number of hydrogen-bond donors (Lipinski definition) is 2. The van der Waals surface area contributed by atoms with Crippen molar-refractivity contribution < 1.29 is 9.32 Å². The third-order valence-corrected chi connectivity index (χ3v) is 3.53. The Labute approximate surface area is 105 Å². The molecule has 0 unspecified atom stereocenters. The summed E-state index contributed by atoms with van der Waals surface area (Å²) in [6.07, 6.45) is 0. The first-order valence-electron chi connectivity index (χ1n) is 4.58. The van der Waals surface area contributed by atoms with E-state index in [9.17, 15) is 4.79 Å². The molecule has 3 N–H and O–H groups in total. The Morgan fingerprint density at radius 1 is 1.65 bits per heavy atom. The lowest BCUT2D eigenvalue weighted by atomic mass is 10.5. The van der Waals surface area contributed by atoms with Crippen molar-refractivity contribution in [1.82, 2.24) is 15.4 Å². The molecule has 9 heteroatoms. The standard InChI is InChI=1S/C8H9N5O2S2/c1-4-2-5(13-15-4)10-6(14)3-16-8-12-11-7(9)17-8/h2H,3H2,1H3,(H2,9,11)(H,10,13,14). The minimum absolute atomic E-state index is 0.183. The van der Waals surface area contributed by atoms with Crippen molar-refractivity contribution in [3.8, 4) is 0 Å². The van der Waals surface area contributed by atoms with Gasteiger partial charge in [0.25, 0.3) is 0 Å². The minimum Gasteiger partial charge on any atom is -0.374 e. The van der Waals surface area contributed by atoms with E-state index in [4.69, 9.17) is 10.3 Å². The molecule has 0 fully saturated rings. The molecule has 0 aromatic carbocycles. The van der Waals surface area contributed by atoms with Gasteiger partial charge >= 0.3 is 0 Å². The zero-order chi connectivity index (χ0) is 12.3. The first-order valence-corrected chi connectivity index (χ1v) is 6.38. The van der Waals surface area contributed by atoms with Crippen LogP contribution in [0.5, 0.6) is 0 Å². The summed E-state index contributed by atoms with van der Waals surface area (Å²) in [5.74, 6) is 1.09. The summed E-state index contributed by atoms with van der Waals surface area (Å²) < 4.78 is 5.48. The van der Waals surface area contributed by atoms with Crippen LogP contribution in [0.3, 0.4) is 0 Å². The van der Waals surface area contributed by atoms with Gasteiger partial charge in [-0.2, -0.15) is 0 Å². The molecule has 0 aliphatic rings. The smallest absolute Gasteiger partial charge is 0.236 e. The number of aryl methyl sites for hydroxylation is 1. The van der Waals surface area contributed by atoms with Crippen molar-refractivity contribution in [2.45, 2.75) is 11.3 Å². The number of nitrogens with two attached hydrogens (primary N) is 1. The van der Waals surface area contributed by atoms with Crippen LogP contribution < -0.4 is 11.1 Å². The predicted molar refractivity (Wildman–Crippen MR) is 64.9 cm³/mol. The fourth-order valence-corrected chi connectivity index (χ4v) is 2.45. The molecule has 0 spiro atoms. The van der Waals surface area contributed by atoms with Crippen molar-refractivity contribution in [1.29, 1.82) is 0 Å². The molecule has 1 amide bonds. The number of nitrogens with one attached hydrogen (secondary N) is 1. The Morgan fingerprint density at radius 2 is 2.47 bits per heavy atom. The zero-order valence-corrected chi connectivity index (χ0v) is 10.5. The Hall–Kier alpha value is -1.61. The summed E-state index contributed by atoms with van der Waals surface area (Å²) in [5.41, 5.74) is 5.42. The second kappa shape index (κ2) is 5.15. The van der Waals surface area contributed by atoms with Crippen LogP contribution in [-0.2, 0) is 4.79 Å². The van der Waals surface area contributed by atoms with E-state index in [-0.39, 0.29) is 11.7 Å². The molecule has 0 saturated heterocycles. The number of thioether (sulfide) groups is 1. The van der Waals surface area contributed by atoms with Gasteiger partial charge in [-0.25, -0.2) is 0 Å². The molecule has 2 aromatic rings. The van der Waals surface area contributed by atoms with Crippen LogP contribution in [0.25, 0.3) is 0 Å². The fraction of sp³-hybridized carbons (Fsp3) is 0.250. The van der Waals surface area contributed by atoms with E-state index in [1.807, 2.05) is 0 Å². The second-order valence-corrected chi connectivity index (χ2v) is 5.30. The van der Waals surface area contributed by atoms with Gasteiger partial charge in [0.1, 0.15) is 5.76 Å². The molecule has 2 aromatic heterocycles.